The maximum absolute atomic E-state index is 12.3. The molecular formula is C17H21NO2S. The lowest BCUT2D eigenvalue weighted by atomic mass is 9.90. The van der Waals surface area contributed by atoms with Gasteiger partial charge in [-0.1, -0.05) is 36.4 Å². The van der Waals surface area contributed by atoms with Crippen molar-refractivity contribution in [1.29, 1.82) is 0 Å². The molecule has 112 valence electrons. The smallest absolute Gasteiger partial charge is 0.231 e. The molecule has 1 aromatic carbocycles. The SMILES string of the molecule is CC(C)(C(=O)NCC(O)Cc1ccccc1)c1cccs1. The normalized spacial score (nSPS) is 12.9. The monoisotopic (exact) mass is 303 g/mol. The van der Waals surface area contributed by atoms with Crippen LogP contribution >= 0.6 is 11.3 Å². The quantitative estimate of drug-likeness (QED) is 0.862. The summed E-state index contributed by atoms with van der Waals surface area (Å²) in [5.74, 6) is -0.0583. The van der Waals surface area contributed by atoms with E-state index in [1.165, 1.54) is 0 Å². The highest BCUT2D eigenvalue weighted by atomic mass is 32.1. The zero-order valence-electron chi connectivity index (χ0n) is 12.4. The van der Waals surface area contributed by atoms with Gasteiger partial charge in [0, 0.05) is 17.8 Å². The highest BCUT2D eigenvalue weighted by molar-refractivity contribution is 7.10. The first kappa shape index (κ1) is 15.7. The largest absolute Gasteiger partial charge is 0.391 e. The Balaban J connectivity index is 1.86. The summed E-state index contributed by atoms with van der Waals surface area (Å²) in [6, 6.07) is 13.7. The van der Waals surface area contributed by atoms with Crippen LogP contribution in [0.15, 0.2) is 47.8 Å². The van der Waals surface area contributed by atoms with E-state index < -0.39 is 11.5 Å². The molecule has 21 heavy (non-hydrogen) atoms. The molecule has 3 nitrogen and oxygen atoms in total. The Bertz CT molecular complexity index is 564. The molecule has 0 aliphatic rings. The van der Waals surface area contributed by atoms with Gasteiger partial charge in [-0.2, -0.15) is 0 Å². The van der Waals surface area contributed by atoms with Crippen LogP contribution in [-0.4, -0.2) is 23.7 Å². The zero-order valence-corrected chi connectivity index (χ0v) is 13.2. The van der Waals surface area contributed by atoms with E-state index in [4.69, 9.17) is 0 Å². The number of thiophene rings is 1. The van der Waals surface area contributed by atoms with Crippen LogP contribution in [0.4, 0.5) is 0 Å². The minimum atomic E-state index is -0.574. The van der Waals surface area contributed by atoms with Gasteiger partial charge in [0.05, 0.1) is 11.5 Å². The molecular weight excluding hydrogens is 282 g/mol. The van der Waals surface area contributed by atoms with E-state index >= 15 is 0 Å². The Hall–Kier alpha value is -1.65. The van der Waals surface area contributed by atoms with Crippen molar-refractivity contribution in [3.63, 3.8) is 0 Å². The van der Waals surface area contributed by atoms with Crippen molar-refractivity contribution in [1.82, 2.24) is 5.32 Å². The molecule has 1 unspecified atom stereocenters. The van der Waals surface area contributed by atoms with Gasteiger partial charge in [-0.3, -0.25) is 4.79 Å². The Kier molecular flexibility index (Phi) is 5.15. The van der Waals surface area contributed by atoms with Crippen LogP contribution in [0.1, 0.15) is 24.3 Å². The van der Waals surface area contributed by atoms with Crippen molar-refractivity contribution in [2.45, 2.75) is 31.8 Å². The van der Waals surface area contributed by atoms with Crippen LogP contribution < -0.4 is 5.32 Å². The maximum Gasteiger partial charge on any atom is 0.231 e. The molecule has 0 bridgehead atoms. The van der Waals surface area contributed by atoms with Gasteiger partial charge < -0.3 is 10.4 Å². The van der Waals surface area contributed by atoms with Gasteiger partial charge in [0.15, 0.2) is 0 Å². The van der Waals surface area contributed by atoms with E-state index in [9.17, 15) is 9.90 Å². The van der Waals surface area contributed by atoms with Crippen LogP contribution in [0.5, 0.6) is 0 Å². The number of benzene rings is 1. The third kappa shape index (κ3) is 4.16. The van der Waals surface area contributed by atoms with Gasteiger partial charge in [0.1, 0.15) is 0 Å². The zero-order chi connectivity index (χ0) is 15.3. The van der Waals surface area contributed by atoms with Crippen molar-refractivity contribution in [2.75, 3.05) is 6.54 Å². The van der Waals surface area contributed by atoms with Gasteiger partial charge in [0.25, 0.3) is 0 Å². The Morgan fingerprint density at radius 2 is 1.95 bits per heavy atom. The lowest BCUT2D eigenvalue weighted by Gasteiger charge is -2.23. The summed E-state index contributed by atoms with van der Waals surface area (Å²) in [6.07, 6.45) is -0.0314. The number of hydrogen-bond acceptors (Lipinski definition) is 3. The van der Waals surface area contributed by atoms with E-state index in [2.05, 4.69) is 5.32 Å². The van der Waals surface area contributed by atoms with E-state index in [1.54, 1.807) is 11.3 Å². The van der Waals surface area contributed by atoms with Crippen molar-refractivity contribution in [2.24, 2.45) is 0 Å². The highest BCUT2D eigenvalue weighted by Crippen LogP contribution is 2.27. The number of carbonyl (C=O) groups excluding carboxylic acids is 1. The molecule has 0 saturated heterocycles. The summed E-state index contributed by atoms with van der Waals surface area (Å²) >= 11 is 1.57. The van der Waals surface area contributed by atoms with Crippen LogP contribution in [0, 0.1) is 0 Å². The average Bonchev–Trinajstić information content (AvgIpc) is 3.00. The predicted octanol–water partition coefficient (Wildman–Crippen LogP) is 2.75. The molecule has 1 amide bonds. The lowest BCUT2D eigenvalue weighted by Crippen LogP contribution is -2.43. The standard InChI is InChI=1S/C17H21NO2S/c1-17(2,15-9-6-10-21-15)16(20)18-12-14(19)11-13-7-4-3-5-8-13/h3-10,14,19H,11-12H2,1-2H3,(H,18,20). The molecule has 1 atom stereocenters. The van der Waals surface area contributed by atoms with Gasteiger partial charge in [-0.05, 0) is 30.9 Å². The summed E-state index contributed by atoms with van der Waals surface area (Å²) in [4.78, 5) is 13.3. The van der Waals surface area contributed by atoms with E-state index in [0.717, 1.165) is 10.4 Å². The third-order valence-electron chi connectivity index (χ3n) is 3.52. The first-order valence-electron chi connectivity index (χ1n) is 7.04. The van der Waals surface area contributed by atoms with Crippen molar-refractivity contribution in [3.05, 3.63) is 58.3 Å². The first-order valence-corrected chi connectivity index (χ1v) is 7.92. The fourth-order valence-corrected chi connectivity index (χ4v) is 2.98. The number of aliphatic hydroxyl groups excluding tert-OH is 1. The first-order chi connectivity index (χ1) is 10.00. The molecule has 0 radical (unpaired) electrons. The lowest BCUT2D eigenvalue weighted by molar-refractivity contribution is -0.126. The molecule has 2 aromatic rings. The van der Waals surface area contributed by atoms with Crippen LogP contribution in [0.25, 0.3) is 0 Å². The number of rotatable bonds is 6. The number of aliphatic hydroxyl groups is 1. The Labute approximate surface area is 129 Å². The molecule has 2 rings (SSSR count). The molecule has 0 aliphatic heterocycles. The summed E-state index contributed by atoms with van der Waals surface area (Å²) in [7, 11) is 0. The van der Waals surface area contributed by atoms with Gasteiger partial charge in [0.2, 0.25) is 5.91 Å². The van der Waals surface area contributed by atoms with Crippen molar-refractivity contribution in [3.8, 4) is 0 Å². The van der Waals surface area contributed by atoms with E-state index in [-0.39, 0.29) is 12.5 Å². The fraction of sp³-hybridized carbons (Fsp3) is 0.353. The molecule has 0 fully saturated rings. The van der Waals surface area contributed by atoms with Crippen LogP contribution in [-0.2, 0) is 16.6 Å². The topological polar surface area (TPSA) is 49.3 Å². The summed E-state index contributed by atoms with van der Waals surface area (Å²) in [6.45, 7) is 4.07. The van der Waals surface area contributed by atoms with Gasteiger partial charge >= 0.3 is 0 Å². The van der Waals surface area contributed by atoms with E-state index in [0.29, 0.717) is 6.42 Å². The van der Waals surface area contributed by atoms with Crippen molar-refractivity contribution >= 4 is 17.2 Å². The second kappa shape index (κ2) is 6.87. The molecule has 0 aliphatic carbocycles. The fourth-order valence-electron chi connectivity index (χ4n) is 2.14. The van der Waals surface area contributed by atoms with Gasteiger partial charge in [-0.15, -0.1) is 11.3 Å². The summed E-state index contributed by atoms with van der Waals surface area (Å²) < 4.78 is 0. The molecule has 0 saturated carbocycles. The Morgan fingerprint density at radius 3 is 2.57 bits per heavy atom. The van der Waals surface area contributed by atoms with Gasteiger partial charge in [-0.25, -0.2) is 0 Å². The molecule has 1 aromatic heterocycles. The summed E-state index contributed by atoms with van der Waals surface area (Å²) in [5, 5.41) is 14.9. The third-order valence-corrected chi connectivity index (χ3v) is 4.71. The average molecular weight is 303 g/mol. The maximum atomic E-state index is 12.3. The predicted molar refractivity (Wildman–Crippen MR) is 86.5 cm³/mol. The Morgan fingerprint density at radius 1 is 1.24 bits per heavy atom. The number of carbonyl (C=O) groups is 1. The number of amides is 1. The minimum Gasteiger partial charge on any atom is -0.391 e. The van der Waals surface area contributed by atoms with Crippen LogP contribution in [0.3, 0.4) is 0 Å². The molecule has 1 heterocycles. The molecule has 2 N–H and O–H groups in total. The summed E-state index contributed by atoms with van der Waals surface area (Å²) in [5.41, 5.74) is 0.498. The second-order valence-corrected chi connectivity index (χ2v) is 6.60. The number of nitrogens with one attached hydrogen (secondary N) is 1. The molecule has 4 heteroatoms. The van der Waals surface area contributed by atoms with E-state index in [1.807, 2.05) is 61.7 Å². The van der Waals surface area contributed by atoms with Crippen molar-refractivity contribution < 1.29 is 9.90 Å². The minimum absolute atomic E-state index is 0.0583. The highest BCUT2D eigenvalue weighted by Gasteiger charge is 2.30. The van der Waals surface area contributed by atoms with Crippen LogP contribution in [0.2, 0.25) is 0 Å². The molecule has 0 spiro atoms. The number of hydrogen-bond donors (Lipinski definition) is 2. The second-order valence-electron chi connectivity index (χ2n) is 5.66.